The first kappa shape index (κ1) is 36.6. The molecule has 63 heavy (non-hydrogen) atoms. The lowest BCUT2D eigenvalue weighted by Crippen LogP contribution is -2.00. The number of rotatable bonds is 7. The molecule has 9 aromatic carbocycles. The van der Waals surface area contributed by atoms with Gasteiger partial charge in [0.15, 0.2) is 23.3 Å². The number of nitrogens with zero attached hydrogens (tertiary/aromatic N) is 5. The summed E-state index contributed by atoms with van der Waals surface area (Å²) in [5.74, 6) is 2.56. The van der Waals surface area contributed by atoms with Crippen LogP contribution in [-0.2, 0) is 0 Å². The summed E-state index contributed by atoms with van der Waals surface area (Å²) in [6, 6.07) is 73.9. The van der Waals surface area contributed by atoms with Gasteiger partial charge in [-0.05, 0) is 56.9 Å². The Hall–Kier alpha value is -8.19. The van der Waals surface area contributed by atoms with Gasteiger partial charge in [-0.2, -0.15) is 0 Å². The molecule has 3 heterocycles. The predicted molar refractivity (Wildman–Crippen MR) is 261 cm³/mol. The highest BCUT2D eigenvalue weighted by Gasteiger charge is 2.19. The topological polar surface area (TPSA) is 64.5 Å². The van der Waals surface area contributed by atoms with Crippen molar-refractivity contribution in [2.24, 2.45) is 0 Å². The Morgan fingerprint density at radius 3 is 1.41 bits per heavy atom. The van der Waals surface area contributed by atoms with Crippen LogP contribution in [0.1, 0.15) is 0 Å². The Kier molecular flexibility index (Phi) is 8.94. The van der Waals surface area contributed by atoms with E-state index in [0.717, 1.165) is 61.3 Å². The van der Waals surface area contributed by atoms with Gasteiger partial charge in [0.1, 0.15) is 0 Å². The molecule has 0 unspecified atom stereocenters. The van der Waals surface area contributed by atoms with Gasteiger partial charge in [-0.25, -0.2) is 24.9 Å². The Bertz CT molecular complexity index is 3620. The lowest BCUT2D eigenvalue weighted by atomic mass is 9.95. The standard InChI is InChI=1S/C57H35N5S/c1-4-17-37(18-5-1)54-58-49(35-50(59-54)48-34-51-52(46-29-13-12-28-45(46)48)47-31-30-36-16-10-11-27-44(36)53(47)63-51)42-25-14-23-40(32-42)41-24-15-26-43(33-41)57-61-55(38-19-6-2-7-20-38)60-56(62-57)39-21-8-3-9-22-39/h1-35H. The van der Waals surface area contributed by atoms with Crippen LogP contribution >= 0.6 is 11.3 Å². The molecule has 0 fully saturated rings. The minimum atomic E-state index is 0.615. The predicted octanol–water partition coefficient (Wildman–Crippen LogP) is 15.0. The lowest BCUT2D eigenvalue weighted by molar-refractivity contribution is 1.07. The van der Waals surface area contributed by atoms with Gasteiger partial charge in [-0.15, -0.1) is 11.3 Å². The molecule has 0 aliphatic heterocycles. The Morgan fingerprint density at radius 2 is 0.762 bits per heavy atom. The van der Waals surface area contributed by atoms with Crippen LogP contribution in [0, 0.1) is 0 Å². The molecule has 0 aliphatic rings. The SMILES string of the molecule is c1ccc(-c2nc(-c3cccc(-c4cccc(-c5nc(-c6ccccc6)nc(-c6ccccc6)n5)c4)c3)cc(-c3cc4sc5c6ccccc6ccc5c4c4ccccc34)n2)cc1. The maximum atomic E-state index is 5.32. The second kappa shape index (κ2) is 15.4. The van der Waals surface area contributed by atoms with Crippen molar-refractivity contribution < 1.29 is 0 Å². The van der Waals surface area contributed by atoms with E-state index in [-0.39, 0.29) is 0 Å². The minimum absolute atomic E-state index is 0.615. The van der Waals surface area contributed by atoms with Gasteiger partial charge in [0, 0.05) is 53.6 Å². The third-order valence-electron chi connectivity index (χ3n) is 11.7. The monoisotopic (exact) mass is 821 g/mol. The molecule has 0 radical (unpaired) electrons. The molecule has 6 heteroatoms. The fourth-order valence-corrected chi connectivity index (χ4v) is 9.96. The summed E-state index contributed by atoms with van der Waals surface area (Å²) in [7, 11) is 0. The van der Waals surface area contributed by atoms with Crippen molar-refractivity contribution in [3.05, 3.63) is 212 Å². The molecule has 0 N–H and O–H groups in total. The first-order valence-corrected chi connectivity index (χ1v) is 21.8. The molecule has 0 atom stereocenters. The lowest BCUT2D eigenvalue weighted by Gasteiger charge is -2.13. The van der Waals surface area contributed by atoms with Gasteiger partial charge < -0.3 is 0 Å². The summed E-state index contributed by atoms with van der Waals surface area (Å²) in [6.45, 7) is 0. The Labute approximate surface area is 367 Å². The van der Waals surface area contributed by atoms with E-state index in [2.05, 4.69) is 133 Å². The van der Waals surface area contributed by atoms with Gasteiger partial charge >= 0.3 is 0 Å². The molecule has 0 aliphatic carbocycles. The number of thiophene rings is 1. The summed E-state index contributed by atoms with van der Waals surface area (Å²) < 4.78 is 2.55. The number of hydrogen-bond donors (Lipinski definition) is 0. The molecule has 0 saturated heterocycles. The quantitative estimate of drug-likeness (QED) is 0.160. The second-order valence-corrected chi connectivity index (χ2v) is 16.7. The maximum absolute atomic E-state index is 5.32. The van der Waals surface area contributed by atoms with Crippen molar-refractivity contribution in [2.45, 2.75) is 0 Å². The van der Waals surface area contributed by atoms with Gasteiger partial charge in [-0.1, -0.05) is 188 Å². The van der Waals surface area contributed by atoms with Gasteiger partial charge in [-0.3, -0.25) is 0 Å². The number of hydrogen-bond acceptors (Lipinski definition) is 6. The smallest absolute Gasteiger partial charge is 0.164 e. The third kappa shape index (κ3) is 6.70. The van der Waals surface area contributed by atoms with Crippen molar-refractivity contribution >= 4 is 53.1 Å². The third-order valence-corrected chi connectivity index (χ3v) is 12.9. The highest BCUT2D eigenvalue weighted by Crippen LogP contribution is 2.45. The Morgan fingerprint density at radius 1 is 0.286 bits per heavy atom. The number of aromatic nitrogens is 5. The molecule has 12 rings (SSSR count). The van der Waals surface area contributed by atoms with E-state index < -0.39 is 0 Å². The number of fused-ring (bicyclic) bond motifs is 7. The average Bonchev–Trinajstić information content (AvgIpc) is 3.76. The summed E-state index contributed by atoms with van der Waals surface area (Å²) >= 11 is 1.86. The van der Waals surface area contributed by atoms with Crippen molar-refractivity contribution in [2.75, 3.05) is 0 Å². The van der Waals surface area contributed by atoms with E-state index in [4.69, 9.17) is 24.9 Å². The van der Waals surface area contributed by atoms with Crippen molar-refractivity contribution in [1.82, 2.24) is 24.9 Å². The van der Waals surface area contributed by atoms with E-state index in [1.807, 2.05) is 90.2 Å². The molecular formula is C57H35N5S. The van der Waals surface area contributed by atoms with Gasteiger partial charge in [0.25, 0.3) is 0 Å². The van der Waals surface area contributed by atoms with Gasteiger partial charge in [0.2, 0.25) is 0 Å². The van der Waals surface area contributed by atoms with Crippen LogP contribution < -0.4 is 0 Å². The Balaban J connectivity index is 0.993. The van der Waals surface area contributed by atoms with E-state index in [1.54, 1.807) is 0 Å². The summed E-state index contributed by atoms with van der Waals surface area (Å²) in [5.41, 5.74) is 9.65. The van der Waals surface area contributed by atoms with Crippen LogP contribution in [0.5, 0.6) is 0 Å². The van der Waals surface area contributed by atoms with E-state index in [9.17, 15) is 0 Å². The van der Waals surface area contributed by atoms with Crippen LogP contribution in [0.15, 0.2) is 212 Å². The van der Waals surface area contributed by atoms with E-state index >= 15 is 0 Å². The first-order valence-electron chi connectivity index (χ1n) is 21.0. The van der Waals surface area contributed by atoms with Crippen molar-refractivity contribution in [3.63, 3.8) is 0 Å². The maximum Gasteiger partial charge on any atom is 0.164 e. The minimum Gasteiger partial charge on any atom is -0.228 e. The molecule has 12 aromatic rings. The molecule has 0 amide bonds. The molecule has 0 saturated carbocycles. The zero-order valence-electron chi connectivity index (χ0n) is 33.9. The summed E-state index contributed by atoms with van der Waals surface area (Å²) in [6.07, 6.45) is 0. The van der Waals surface area contributed by atoms with E-state index in [1.165, 1.54) is 36.3 Å². The van der Waals surface area contributed by atoms with Crippen LogP contribution in [0.3, 0.4) is 0 Å². The average molecular weight is 822 g/mol. The molecule has 3 aromatic heterocycles. The largest absolute Gasteiger partial charge is 0.228 e. The zero-order chi connectivity index (χ0) is 41.7. The fraction of sp³-hybridized carbons (Fsp3) is 0. The molecule has 5 nitrogen and oxygen atoms in total. The first-order chi connectivity index (χ1) is 31.2. The van der Waals surface area contributed by atoms with Crippen LogP contribution in [0.2, 0.25) is 0 Å². The number of benzene rings is 9. The summed E-state index contributed by atoms with van der Waals surface area (Å²) in [5, 5.41) is 7.50. The zero-order valence-corrected chi connectivity index (χ0v) is 34.7. The molecule has 294 valence electrons. The van der Waals surface area contributed by atoms with Crippen LogP contribution in [0.25, 0.3) is 121 Å². The normalized spacial score (nSPS) is 11.5. The second-order valence-electron chi connectivity index (χ2n) is 15.6. The van der Waals surface area contributed by atoms with Crippen molar-refractivity contribution in [1.29, 1.82) is 0 Å². The highest BCUT2D eigenvalue weighted by atomic mass is 32.1. The summed E-state index contributed by atoms with van der Waals surface area (Å²) in [4.78, 5) is 25.5. The molecule has 0 spiro atoms. The van der Waals surface area contributed by atoms with Gasteiger partial charge in [0.05, 0.1) is 11.4 Å². The fourth-order valence-electron chi connectivity index (χ4n) is 8.66. The van der Waals surface area contributed by atoms with Crippen LogP contribution in [-0.4, -0.2) is 24.9 Å². The molecular weight excluding hydrogens is 787 g/mol. The van der Waals surface area contributed by atoms with Crippen LogP contribution in [0.4, 0.5) is 0 Å². The highest BCUT2D eigenvalue weighted by molar-refractivity contribution is 7.27. The molecule has 0 bridgehead atoms. The van der Waals surface area contributed by atoms with Crippen molar-refractivity contribution in [3.8, 4) is 79.2 Å². The van der Waals surface area contributed by atoms with E-state index in [0.29, 0.717) is 23.3 Å².